The lowest BCUT2D eigenvalue weighted by atomic mass is 10.2. The zero-order valence-corrected chi connectivity index (χ0v) is 19.0. The first-order valence-electron chi connectivity index (χ1n) is 8.87. The number of rotatable bonds is 8. The molecule has 1 N–H and O–H groups in total. The van der Waals surface area contributed by atoms with Gasteiger partial charge in [-0.3, -0.25) is 0 Å². The third kappa shape index (κ3) is 5.93. The van der Waals surface area contributed by atoms with Crippen LogP contribution in [0.25, 0.3) is 0 Å². The summed E-state index contributed by atoms with van der Waals surface area (Å²) in [7, 11) is 0. The Balaban J connectivity index is 1.74. The van der Waals surface area contributed by atoms with E-state index in [1.165, 1.54) is 0 Å². The van der Waals surface area contributed by atoms with Crippen LogP contribution in [0.2, 0.25) is 10.0 Å². The molecule has 0 heterocycles. The standard InChI is InChI=1S/C22H20Cl2INO2/c1-2-27-21-11-16(13-26-19-5-3-4-18(24)12-19)10-20(25)22(21)28-14-15-6-8-17(23)9-7-15/h3-12,26H,2,13-14H2,1H3. The van der Waals surface area contributed by atoms with E-state index in [-0.39, 0.29) is 0 Å². The van der Waals surface area contributed by atoms with Gasteiger partial charge in [0.05, 0.1) is 10.2 Å². The highest BCUT2D eigenvalue weighted by Gasteiger charge is 2.13. The molecule has 0 aliphatic heterocycles. The van der Waals surface area contributed by atoms with Gasteiger partial charge in [-0.15, -0.1) is 0 Å². The third-order valence-electron chi connectivity index (χ3n) is 3.99. The van der Waals surface area contributed by atoms with Crippen LogP contribution in [0.5, 0.6) is 11.5 Å². The van der Waals surface area contributed by atoms with E-state index in [0.717, 1.165) is 31.9 Å². The van der Waals surface area contributed by atoms with Gasteiger partial charge in [-0.25, -0.2) is 0 Å². The number of benzene rings is 3. The fourth-order valence-electron chi connectivity index (χ4n) is 2.67. The maximum atomic E-state index is 6.07. The van der Waals surface area contributed by atoms with Crippen LogP contribution in [0.15, 0.2) is 60.7 Å². The molecule has 0 fully saturated rings. The molecule has 0 saturated carbocycles. The molecule has 3 nitrogen and oxygen atoms in total. The molecule has 0 unspecified atom stereocenters. The van der Waals surface area contributed by atoms with E-state index in [2.05, 4.69) is 34.0 Å². The number of hydrogen-bond donors (Lipinski definition) is 1. The van der Waals surface area contributed by atoms with Crippen LogP contribution in [0.3, 0.4) is 0 Å². The second kappa shape index (κ2) is 10.2. The van der Waals surface area contributed by atoms with Crippen molar-refractivity contribution in [2.45, 2.75) is 20.1 Å². The van der Waals surface area contributed by atoms with Crippen molar-refractivity contribution >= 4 is 51.5 Å². The Morgan fingerprint density at radius 3 is 2.39 bits per heavy atom. The van der Waals surface area contributed by atoms with Crippen molar-refractivity contribution in [3.8, 4) is 11.5 Å². The van der Waals surface area contributed by atoms with Crippen molar-refractivity contribution in [1.82, 2.24) is 0 Å². The summed E-state index contributed by atoms with van der Waals surface area (Å²) in [6.45, 7) is 3.65. The van der Waals surface area contributed by atoms with Gasteiger partial charge in [-0.2, -0.15) is 0 Å². The molecule has 146 valence electrons. The SMILES string of the molecule is CCOc1cc(CNc2cccc(Cl)c2)cc(I)c1OCc1ccc(Cl)cc1. The van der Waals surface area contributed by atoms with Crippen LogP contribution >= 0.6 is 45.8 Å². The van der Waals surface area contributed by atoms with Gasteiger partial charge in [0.25, 0.3) is 0 Å². The number of hydrogen-bond acceptors (Lipinski definition) is 3. The molecule has 0 aromatic heterocycles. The molecule has 6 heteroatoms. The van der Waals surface area contributed by atoms with E-state index in [0.29, 0.717) is 29.8 Å². The Labute approximate surface area is 189 Å². The Kier molecular flexibility index (Phi) is 7.71. The quantitative estimate of drug-likeness (QED) is 0.314. The fraction of sp³-hybridized carbons (Fsp3) is 0.182. The number of ether oxygens (including phenoxy) is 2. The fourth-order valence-corrected chi connectivity index (χ4v) is 3.80. The Bertz CT molecular complexity index is 932. The molecule has 0 bridgehead atoms. The maximum absolute atomic E-state index is 6.07. The van der Waals surface area contributed by atoms with Gasteiger partial charge in [0.1, 0.15) is 6.61 Å². The van der Waals surface area contributed by atoms with Gasteiger partial charge in [0.2, 0.25) is 0 Å². The van der Waals surface area contributed by atoms with E-state index in [1.54, 1.807) is 0 Å². The Morgan fingerprint density at radius 2 is 1.68 bits per heavy atom. The van der Waals surface area contributed by atoms with Crippen molar-refractivity contribution in [2.75, 3.05) is 11.9 Å². The first-order valence-corrected chi connectivity index (χ1v) is 10.7. The largest absolute Gasteiger partial charge is 0.490 e. The Morgan fingerprint density at radius 1 is 0.893 bits per heavy atom. The van der Waals surface area contributed by atoms with Gasteiger partial charge in [0, 0.05) is 22.3 Å². The summed E-state index contributed by atoms with van der Waals surface area (Å²) < 4.78 is 12.9. The van der Waals surface area contributed by atoms with Crippen LogP contribution in [-0.2, 0) is 13.2 Å². The maximum Gasteiger partial charge on any atom is 0.174 e. The predicted molar refractivity (Wildman–Crippen MR) is 125 cm³/mol. The minimum atomic E-state index is 0.452. The molecular formula is C22H20Cl2INO2. The molecule has 0 aliphatic carbocycles. The molecule has 0 amide bonds. The van der Waals surface area contributed by atoms with Gasteiger partial charge < -0.3 is 14.8 Å². The molecule has 0 aliphatic rings. The van der Waals surface area contributed by atoms with Gasteiger partial charge >= 0.3 is 0 Å². The summed E-state index contributed by atoms with van der Waals surface area (Å²) in [4.78, 5) is 0. The van der Waals surface area contributed by atoms with Crippen LogP contribution in [0.1, 0.15) is 18.1 Å². The Hall–Kier alpha value is -1.63. The first kappa shape index (κ1) is 21.1. The van der Waals surface area contributed by atoms with Crippen molar-refractivity contribution < 1.29 is 9.47 Å². The molecule has 0 saturated heterocycles. The summed E-state index contributed by atoms with van der Waals surface area (Å²) >= 11 is 14.3. The van der Waals surface area contributed by atoms with Gasteiger partial charge in [-0.05, 0) is 83.1 Å². The summed E-state index contributed by atoms with van der Waals surface area (Å²) in [5.74, 6) is 1.50. The number of anilines is 1. The lowest BCUT2D eigenvalue weighted by Gasteiger charge is -2.16. The van der Waals surface area contributed by atoms with Crippen molar-refractivity contribution in [1.29, 1.82) is 0 Å². The minimum absolute atomic E-state index is 0.452. The highest BCUT2D eigenvalue weighted by atomic mass is 127. The molecule has 0 radical (unpaired) electrons. The second-order valence-electron chi connectivity index (χ2n) is 6.12. The summed E-state index contributed by atoms with van der Waals surface area (Å²) in [5.41, 5.74) is 3.13. The summed E-state index contributed by atoms with van der Waals surface area (Å²) in [6, 6.07) is 19.4. The normalized spacial score (nSPS) is 10.6. The van der Waals surface area contributed by atoms with Crippen molar-refractivity contribution in [3.05, 3.63) is 85.4 Å². The van der Waals surface area contributed by atoms with Gasteiger partial charge in [-0.1, -0.05) is 41.4 Å². The zero-order valence-electron chi connectivity index (χ0n) is 15.3. The summed E-state index contributed by atoms with van der Waals surface area (Å²) in [6.07, 6.45) is 0. The molecule has 0 atom stereocenters. The third-order valence-corrected chi connectivity index (χ3v) is 5.28. The van der Waals surface area contributed by atoms with Crippen LogP contribution in [-0.4, -0.2) is 6.61 Å². The topological polar surface area (TPSA) is 30.5 Å². The van der Waals surface area contributed by atoms with Crippen molar-refractivity contribution in [3.63, 3.8) is 0 Å². The smallest absolute Gasteiger partial charge is 0.174 e. The minimum Gasteiger partial charge on any atom is -0.490 e. The first-order chi connectivity index (χ1) is 13.5. The average Bonchev–Trinajstić information content (AvgIpc) is 2.67. The molecule has 3 rings (SSSR count). The van der Waals surface area contributed by atoms with E-state index < -0.39 is 0 Å². The molecule has 3 aromatic carbocycles. The second-order valence-corrected chi connectivity index (χ2v) is 8.15. The molecular weight excluding hydrogens is 508 g/mol. The van der Waals surface area contributed by atoms with Crippen LogP contribution in [0.4, 0.5) is 5.69 Å². The van der Waals surface area contributed by atoms with Crippen LogP contribution < -0.4 is 14.8 Å². The van der Waals surface area contributed by atoms with E-state index in [9.17, 15) is 0 Å². The monoisotopic (exact) mass is 527 g/mol. The van der Waals surface area contributed by atoms with Gasteiger partial charge in [0.15, 0.2) is 11.5 Å². The molecule has 28 heavy (non-hydrogen) atoms. The molecule has 3 aromatic rings. The number of nitrogens with one attached hydrogen (secondary N) is 1. The molecule has 0 spiro atoms. The zero-order chi connectivity index (χ0) is 19.9. The van der Waals surface area contributed by atoms with E-state index in [1.807, 2.05) is 61.5 Å². The average molecular weight is 528 g/mol. The van der Waals surface area contributed by atoms with E-state index >= 15 is 0 Å². The van der Waals surface area contributed by atoms with Crippen LogP contribution in [0, 0.1) is 3.57 Å². The summed E-state index contributed by atoms with van der Waals surface area (Å²) in [5, 5.41) is 4.81. The van der Waals surface area contributed by atoms with Crippen molar-refractivity contribution in [2.24, 2.45) is 0 Å². The highest BCUT2D eigenvalue weighted by molar-refractivity contribution is 14.1. The number of halogens is 3. The highest BCUT2D eigenvalue weighted by Crippen LogP contribution is 2.35. The van der Waals surface area contributed by atoms with E-state index in [4.69, 9.17) is 32.7 Å². The lowest BCUT2D eigenvalue weighted by Crippen LogP contribution is -2.05. The lowest BCUT2D eigenvalue weighted by molar-refractivity contribution is 0.267. The predicted octanol–water partition coefficient (Wildman–Crippen LogP) is 7.19.